The van der Waals surface area contributed by atoms with E-state index in [4.69, 9.17) is 11.6 Å². The Morgan fingerprint density at radius 1 is 1.59 bits per heavy atom. The summed E-state index contributed by atoms with van der Waals surface area (Å²) in [4.78, 5) is 3.66. The van der Waals surface area contributed by atoms with E-state index in [1.165, 1.54) is 19.2 Å². The van der Waals surface area contributed by atoms with Gasteiger partial charge in [0.1, 0.15) is 10.0 Å². The van der Waals surface area contributed by atoms with E-state index in [0.717, 1.165) is 6.20 Å². The lowest BCUT2D eigenvalue weighted by atomic mass is 10.4. The number of methoxy groups -OCH3 is 1. The van der Waals surface area contributed by atoms with Crippen molar-refractivity contribution in [2.45, 2.75) is 11.0 Å². The van der Waals surface area contributed by atoms with E-state index >= 15 is 0 Å². The Balaban J connectivity index is 2.66. The van der Waals surface area contributed by atoms with E-state index in [1.54, 1.807) is 0 Å². The first kappa shape index (κ1) is 14.3. The second-order valence-corrected chi connectivity index (χ2v) is 5.43. The molecular formula is C9H13ClN2O4S. The first-order chi connectivity index (χ1) is 7.95. The topological polar surface area (TPSA) is 88.5 Å². The Bertz CT molecular complexity index is 449. The highest BCUT2D eigenvalue weighted by molar-refractivity contribution is 7.89. The maximum atomic E-state index is 11.7. The van der Waals surface area contributed by atoms with Gasteiger partial charge in [0.05, 0.1) is 12.7 Å². The van der Waals surface area contributed by atoms with E-state index in [1.807, 2.05) is 0 Å². The monoisotopic (exact) mass is 280 g/mol. The molecule has 0 radical (unpaired) electrons. The van der Waals surface area contributed by atoms with Crippen LogP contribution in [0.1, 0.15) is 0 Å². The van der Waals surface area contributed by atoms with Gasteiger partial charge >= 0.3 is 0 Å². The standard InChI is InChI=1S/C9H13ClN2O4S/c1-16-6-7(13)4-12-17(14,15)8-2-3-9(10)11-5-8/h2-3,5,7,12-13H,4,6H2,1H3. The molecule has 1 aromatic heterocycles. The number of aromatic nitrogens is 1. The minimum Gasteiger partial charge on any atom is -0.389 e. The molecule has 0 fully saturated rings. The van der Waals surface area contributed by atoms with Crippen LogP contribution in [0, 0.1) is 0 Å². The number of aliphatic hydroxyl groups is 1. The average molecular weight is 281 g/mol. The molecule has 0 amide bonds. The molecule has 0 spiro atoms. The Hall–Kier alpha value is -0.730. The molecule has 2 N–H and O–H groups in total. The lowest BCUT2D eigenvalue weighted by Crippen LogP contribution is -2.34. The zero-order valence-electron chi connectivity index (χ0n) is 9.13. The van der Waals surface area contributed by atoms with Gasteiger partial charge < -0.3 is 9.84 Å². The molecule has 0 saturated heterocycles. The lowest BCUT2D eigenvalue weighted by Gasteiger charge is -2.11. The SMILES string of the molecule is COCC(O)CNS(=O)(=O)c1ccc(Cl)nc1. The third-order valence-electron chi connectivity index (χ3n) is 1.88. The number of pyridine rings is 1. The van der Waals surface area contributed by atoms with Crippen LogP contribution in [-0.2, 0) is 14.8 Å². The highest BCUT2D eigenvalue weighted by atomic mass is 35.5. The molecule has 0 aliphatic carbocycles. The van der Waals surface area contributed by atoms with Crippen molar-refractivity contribution in [1.82, 2.24) is 9.71 Å². The minimum atomic E-state index is -3.68. The van der Waals surface area contributed by atoms with E-state index in [9.17, 15) is 13.5 Å². The van der Waals surface area contributed by atoms with Crippen LogP contribution < -0.4 is 4.72 Å². The van der Waals surface area contributed by atoms with Gasteiger partial charge in [0.25, 0.3) is 0 Å². The summed E-state index contributed by atoms with van der Waals surface area (Å²) in [6.45, 7) is -0.0693. The number of halogens is 1. The van der Waals surface area contributed by atoms with Crippen molar-refractivity contribution in [3.05, 3.63) is 23.5 Å². The number of hydrogen-bond acceptors (Lipinski definition) is 5. The van der Waals surface area contributed by atoms with Crippen LogP contribution in [0.15, 0.2) is 23.2 Å². The lowest BCUT2D eigenvalue weighted by molar-refractivity contribution is 0.0679. The van der Waals surface area contributed by atoms with Crippen molar-refractivity contribution in [2.24, 2.45) is 0 Å². The second kappa shape index (κ2) is 6.27. The van der Waals surface area contributed by atoms with Crippen LogP contribution in [0.3, 0.4) is 0 Å². The van der Waals surface area contributed by atoms with Gasteiger partial charge in [-0.25, -0.2) is 18.1 Å². The highest BCUT2D eigenvalue weighted by Crippen LogP contribution is 2.10. The summed E-state index contributed by atoms with van der Waals surface area (Å²) < 4.78 is 30.3. The molecule has 8 heteroatoms. The summed E-state index contributed by atoms with van der Waals surface area (Å²) in [5, 5.41) is 9.53. The van der Waals surface area contributed by atoms with Gasteiger partial charge in [-0.1, -0.05) is 11.6 Å². The van der Waals surface area contributed by atoms with Crippen molar-refractivity contribution in [3.8, 4) is 0 Å². The highest BCUT2D eigenvalue weighted by Gasteiger charge is 2.16. The molecule has 17 heavy (non-hydrogen) atoms. The van der Waals surface area contributed by atoms with E-state index in [0.29, 0.717) is 0 Å². The summed E-state index contributed by atoms with van der Waals surface area (Å²) >= 11 is 5.55. The fraction of sp³-hybridized carbons (Fsp3) is 0.444. The number of nitrogens with one attached hydrogen (secondary N) is 1. The van der Waals surface area contributed by atoms with Gasteiger partial charge in [0.2, 0.25) is 10.0 Å². The average Bonchev–Trinajstić information content (AvgIpc) is 2.28. The fourth-order valence-electron chi connectivity index (χ4n) is 1.06. The Labute approximate surface area is 105 Å². The maximum absolute atomic E-state index is 11.7. The van der Waals surface area contributed by atoms with Gasteiger partial charge in [-0.3, -0.25) is 0 Å². The van der Waals surface area contributed by atoms with Crippen molar-refractivity contribution in [3.63, 3.8) is 0 Å². The first-order valence-electron chi connectivity index (χ1n) is 4.74. The van der Waals surface area contributed by atoms with Crippen LogP contribution in [0.2, 0.25) is 5.15 Å². The van der Waals surface area contributed by atoms with Crippen molar-refractivity contribution in [1.29, 1.82) is 0 Å². The fourth-order valence-corrected chi connectivity index (χ4v) is 2.19. The van der Waals surface area contributed by atoms with E-state index in [-0.39, 0.29) is 23.2 Å². The molecule has 0 aliphatic heterocycles. The van der Waals surface area contributed by atoms with Gasteiger partial charge in [0.15, 0.2) is 0 Å². The summed E-state index contributed by atoms with van der Waals surface area (Å²) in [6.07, 6.45) is 0.253. The summed E-state index contributed by atoms with van der Waals surface area (Å²) in [5.41, 5.74) is 0. The molecule has 1 rings (SSSR count). The van der Waals surface area contributed by atoms with Crippen LogP contribution in [0.4, 0.5) is 0 Å². The van der Waals surface area contributed by atoms with Gasteiger partial charge in [-0.2, -0.15) is 0 Å². The Kier molecular flexibility index (Phi) is 5.29. The third kappa shape index (κ3) is 4.57. The predicted molar refractivity (Wildman–Crippen MR) is 62.3 cm³/mol. The molecule has 1 aromatic rings. The van der Waals surface area contributed by atoms with Crippen LogP contribution in [-0.4, -0.2) is 44.9 Å². The van der Waals surface area contributed by atoms with Crippen LogP contribution in [0.25, 0.3) is 0 Å². The van der Waals surface area contributed by atoms with Gasteiger partial charge in [0, 0.05) is 19.9 Å². The van der Waals surface area contributed by atoms with Crippen molar-refractivity contribution >= 4 is 21.6 Å². The number of aliphatic hydroxyl groups excluding tert-OH is 1. The molecule has 0 aromatic carbocycles. The van der Waals surface area contributed by atoms with Gasteiger partial charge in [-0.15, -0.1) is 0 Å². The Morgan fingerprint density at radius 3 is 2.82 bits per heavy atom. The number of ether oxygens (including phenoxy) is 1. The smallest absolute Gasteiger partial charge is 0.242 e. The van der Waals surface area contributed by atoms with Gasteiger partial charge in [-0.05, 0) is 12.1 Å². The number of nitrogens with zero attached hydrogens (tertiary/aromatic N) is 1. The molecule has 0 aliphatic rings. The quantitative estimate of drug-likeness (QED) is 0.717. The van der Waals surface area contributed by atoms with Crippen LogP contribution >= 0.6 is 11.6 Å². The largest absolute Gasteiger partial charge is 0.389 e. The summed E-state index contributed by atoms with van der Waals surface area (Å²) in [6, 6.07) is 2.71. The van der Waals surface area contributed by atoms with E-state index in [2.05, 4.69) is 14.4 Å². The normalized spacial score (nSPS) is 13.6. The van der Waals surface area contributed by atoms with Crippen molar-refractivity contribution < 1.29 is 18.3 Å². The summed E-state index contributed by atoms with van der Waals surface area (Å²) in [5.74, 6) is 0. The minimum absolute atomic E-state index is 0.00785. The summed E-state index contributed by atoms with van der Waals surface area (Å²) in [7, 11) is -2.26. The number of hydrogen-bond donors (Lipinski definition) is 2. The van der Waals surface area contributed by atoms with E-state index < -0.39 is 16.1 Å². The maximum Gasteiger partial charge on any atom is 0.242 e. The number of sulfonamides is 1. The predicted octanol–water partition coefficient (Wildman–Crippen LogP) is 0.0206. The second-order valence-electron chi connectivity index (χ2n) is 3.28. The third-order valence-corrected chi connectivity index (χ3v) is 3.51. The zero-order chi connectivity index (χ0) is 12.9. The molecule has 6 nitrogen and oxygen atoms in total. The number of rotatable bonds is 6. The Morgan fingerprint density at radius 2 is 2.29 bits per heavy atom. The first-order valence-corrected chi connectivity index (χ1v) is 6.60. The molecule has 1 heterocycles. The molecule has 0 saturated carbocycles. The van der Waals surface area contributed by atoms with Crippen LogP contribution in [0.5, 0.6) is 0 Å². The van der Waals surface area contributed by atoms with Crippen molar-refractivity contribution in [2.75, 3.05) is 20.3 Å². The molecular weight excluding hydrogens is 268 g/mol. The zero-order valence-corrected chi connectivity index (χ0v) is 10.7. The molecule has 1 unspecified atom stereocenters. The molecule has 0 bridgehead atoms. The molecule has 1 atom stereocenters. The molecule has 96 valence electrons.